The minimum atomic E-state index is -4.89. The van der Waals surface area contributed by atoms with Gasteiger partial charge in [-0.05, 0) is 30.7 Å². The number of piperazine rings is 1. The Morgan fingerprint density at radius 3 is 2.59 bits per heavy atom. The van der Waals surface area contributed by atoms with Gasteiger partial charge >= 0.3 is 11.9 Å². The smallest absolute Gasteiger partial charge is 0.375 e. The molecular formula is C30H30F5N5O3S. The van der Waals surface area contributed by atoms with Crippen LogP contribution in [0.1, 0.15) is 18.0 Å². The monoisotopic (exact) mass is 635 g/mol. The zero-order valence-electron chi connectivity index (χ0n) is 23.6. The molecule has 3 saturated heterocycles. The molecule has 234 valence electrons. The number of hydrogen-bond donors (Lipinski definition) is 1. The molecule has 3 aromatic rings. The van der Waals surface area contributed by atoms with Crippen molar-refractivity contribution >= 4 is 28.5 Å². The average Bonchev–Trinajstić information content (AvgIpc) is 3.62. The third kappa shape index (κ3) is 5.00. The number of aliphatic hydroxyl groups excluding tert-OH is 1. The highest BCUT2D eigenvalue weighted by molar-refractivity contribution is 7.99. The normalized spacial score (nSPS) is 24.8. The summed E-state index contributed by atoms with van der Waals surface area (Å²) in [6, 6.07) is 3.27. The highest BCUT2D eigenvalue weighted by atomic mass is 32.2. The number of nitrogens with zero attached hydrogens (tertiary/aromatic N) is 5. The van der Waals surface area contributed by atoms with Crippen molar-refractivity contribution in [2.75, 3.05) is 56.5 Å². The van der Waals surface area contributed by atoms with E-state index in [1.807, 2.05) is 0 Å². The molecule has 3 fully saturated rings. The van der Waals surface area contributed by atoms with E-state index in [2.05, 4.69) is 16.5 Å². The topological polar surface area (TPSA) is 74.1 Å². The van der Waals surface area contributed by atoms with E-state index >= 15 is 4.39 Å². The first-order valence-electron chi connectivity index (χ1n) is 14.5. The van der Waals surface area contributed by atoms with Crippen LogP contribution in [-0.2, 0) is 10.9 Å². The number of fused-ring (bicyclic) bond motifs is 2. The Morgan fingerprint density at radius 2 is 1.95 bits per heavy atom. The van der Waals surface area contributed by atoms with Crippen molar-refractivity contribution < 1.29 is 31.8 Å². The summed E-state index contributed by atoms with van der Waals surface area (Å²) in [6.45, 7) is 6.74. The molecule has 2 bridgehead atoms. The van der Waals surface area contributed by atoms with E-state index in [9.17, 15) is 27.5 Å². The minimum absolute atomic E-state index is 0.113. The van der Waals surface area contributed by atoms with E-state index in [1.165, 1.54) is 10.6 Å². The molecule has 0 amide bonds. The highest BCUT2D eigenvalue weighted by Gasteiger charge is 2.43. The molecule has 0 radical (unpaired) electrons. The maximum Gasteiger partial charge on any atom is 0.417 e. The van der Waals surface area contributed by atoms with Crippen molar-refractivity contribution in [3.63, 3.8) is 0 Å². The van der Waals surface area contributed by atoms with E-state index in [1.54, 1.807) is 9.80 Å². The van der Waals surface area contributed by atoms with Crippen LogP contribution in [0.25, 0.3) is 22.0 Å². The summed E-state index contributed by atoms with van der Waals surface area (Å²) in [7, 11) is 0. The van der Waals surface area contributed by atoms with Crippen molar-refractivity contribution in [2.24, 2.45) is 0 Å². The number of likely N-dealkylation sites (tertiary alicyclic amines) is 1. The molecule has 8 nitrogen and oxygen atoms in total. The predicted octanol–water partition coefficient (Wildman–Crippen LogP) is 4.11. The molecule has 1 unspecified atom stereocenters. The van der Waals surface area contributed by atoms with E-state index in [-0.39, 0.29) is 45.1 Å². The summed E-state index contributed by atoms with van der Waals surface area (Å²) in [5, 5.41) is 10.3. The number of halogens is 5. The van der Waals surface area contributed by atoms with Crippen LogP contribution in [0.2, 0.25) is 0 Å². The first kappa shape index (κ1) is 29.7. The largest absolute Gasteiger partial charge is 0.417 e. The van der Waals surface area contributed by atoms with Gasteiger partial charge in [-0.3, -0.25) is 14.4 Å². The van der Waals surface area contributed by atoms with Crippen LogP contribution in [0, 0.1) is 11.6 Å². The van der Waals surface area contributed by atoms with Gasteiger partial charge in [0, 0.05) is 78.5 Å². The van der Waals surface area contributed by atoms with E-state index in [0.717, 1.165) is 36.4 Å². The molecule has 5 heterocycles. The van der Waals surface area contributed by atoms with Crippen LogP contribution in [-0.4, -0.2) is 94.5 Å². The van der Waals surface area contributed by atoms with Crippen LogP contribution < -0.4 is 10.6 Å². The molecule has 0 aliphatic carbocycles. The van der Waals surface area contributed by atoms with Gasteiger partial charge in [-0.1, -0.05) is 6.58 Å². The molecule has 7 rings (SSSR count). The van der Waals surface area contributed by atoms with Gasteiger partial charge in [-0.2, -0.15) is 18.2 Å². The van der Waals surface area contributed by atoms with Gasteiger partial charge in [0.1, 0.15) is 23.7 Å². The lowest BCUT2D eigenvalue weighted by molar-refractivity contribution is -0.137. The first-order chi connectivity index (χ1) is 21.0. The number of ether oxygens (including phenoxy) is 1. The second-order valence-electron chi connectivity index (χ2n) is 11.7. The number of thioether (sulfide) groups is 1. The summed E-state index contributed by atoms with van der Waals surface area (Å²) >= 11 is 1.15. The van der Waals surface area contributed by atoms with Crippen LogP contribution in [0.3, 0.4) is 0 Å². The van der Waals surface area contributed by atoms with Gasteiger partial charge in [0.15, 0.2) is 0 Å². The third-order valence-electron chi connectivity index (χ3n) is 9.09. The lowest BCUT2D eigenvalue weighted by atomic mass is 9.95. The maximum absolute atomic E-state index is 15.2. The van der Waals surface area contributed by atoms with Crippen LogP contribution in [0.4, 0.5) is 27.8 Å². The summed E-state index contributed by atoms with van der Waals surface area (Å²) in [5.41, 5.74) is -2.22. The van der Waals surface area contributed by atoms with Gasteiger partial charge in [-0.15, -0.1) is 11.8 Å². The third-order valence-corrected chi connectivity index (χ3v) is 10.3. The van der Waals surface area contributed by atoms with Gasteiger partial charge < -0.3 is 14.7 Å². The van der Waals surface area contributed by atoms with Crippen molar-refractivity contribution in [3.8, 4) is 11.1 Å². The lowest BCUT2D eigenvalue weighted by Crippen LogP contribution is -2.50. The van der Waals surface area contributed by atoms with Gasteiger partial charge in [0.05, 0.1) is 29.8 Å². The fourth-order valence-electron chi connectivity index (χ4n) is 6.97. The average molecular weight is 636 g/mol. The van der Waals surface area contributed by atoms with Crippen molar-refractivity contribution in [2.45, 2.75) is 41.9 Å². The zero-order valence-corrected chi connectivity index (χ0v) is 24.4. The Bertz CT molecular complexity index is 1690. The Hall–Kier alpha value is -3.04. The van der Waals surface area contributed by atoms with Crippen molar-refractivity contribution in [1.29, 1.82) is 0 Å². The second-order valence-corrected chi connectivity index (χ2v) is 12.7. The fourth-order valence-corrected chi connectivity index (χ4v) is 8.29. The van der Waals surface area contributed by atoms with Crippen molar-refractivity contribution in [1.82, 2.24) is 19.4 Å². The summed E-state index contributed by atoms with van der Waals surface area (Å²) in [4.78, 5) is 24.1. The van der Waals surface area contributed by atoms with Crippen LogP contribution >= 0.6 is 11.8 Å². The lowest BCUT2D eigenvalue weighted by Gasteiger charge is -2.38. The number of morpholine rings is 1. The van der Waals surface area contributed by atoms with E-state index in [4.69, 9.17) is 4.74 Å². The second kappa shape index (κ2) is 11.1. The summed E-state index contributed by atoms with van der Waals surface area (Å²) in [5.74, 6) is -1.65. The Balaban J connectivity index is 1.43. The molecule has 1 aromatic heterocycles. The number of hydrogen-bond acceptors (Lipinski definition) is 8. The van der Waals surface area contributed by atoms with Crippen LogP contribution in [0.15, 0.2) is 46.6 Å². The molecule has 4 aliphatic rings. The SMILES string of the molecule is C=CC(O)N1CCN(c2nc(=O)n3c4c(c(-c5ccc(F)cc5F)c(C(F)(F)F)cc24)SC[C@@H]3CN2C[C@@H]3C[C@H]2CO3)CC1. The molecule has 44 heavy (non-hydrogen) atoms. The predicted molar refractivity (Wildman–Crippen MR) is 156 cm³/mol. The number of aliphatic hydroxyl groups is 1. The number of benzene rings is 2. The zero-order chi connectivity index (χ0) is 30.9. The number of alkyl halides is 3. The molecular weight excluding hydrogens is 605 g/mol. The molecule has 0 spiro atoms. The van der Waals surface area contributed by atoms with Gasteiger partial charge in [-0.25, -0.2) is 13.6 Å². The minimum Gasteiger partial charge on any atom is -0.375 e. The Labute approximate surface area is 253 Å². The number of aromatic nitrogens is 2. The molecule has 14 heteroatoms. The summed E-state index contributed by atoms with van der Waals surface area (Å²) < 4.78 is 80.7. The van der Waals surface area contributed by atoms with Crippen molar-refractivity contribution in [3.05, 3.63) is 64.6 Å². The Kier molecular flexibility index (Phi) is 7.47. The quantitative estimate of drug-likeness (QED) is 0.321. The number of anilines is 1. The van der Waals surface area contributed by atoms with Crippen LogP contribution in [0.5, 0.6) is 0 Å². The van der Waals surface area contributed by atoms with Gasteiger partial charge in [0.25, 0.3) is 0 Å². The van der Waals surface area contributed by atoms with E-state index in [0.29, 0.717) is 51.9 Å². The van der Waals surface area contributed by atoms with E-state index < -0.39 is 46.9 Å². The highest BCUT2D eigenvalue weighted by Crippen LogP contribution is 2.50. The molecule has 4 atom stereocenters. The standard InChI is InChI=1S/C30H30F5N5O3S/c1-2-24(41)37-5-7-38(8-6-37)28-21-11-22(30(33,34)35)25(20-4-3-16(31)9-23(20)32)27-26(21)40(29(42)36-28)18(15-44-27)12-39-13-19-10-17(39)14-43-19/h2-4,9,11,17-19,24,41H,1,5-8,10,12-15H2/t17-,18-,19-,24?/m0/s1. The first-order valence-corrected chi connectivity index (χ1v) is 15.5. The summed E-state index contributed by atoms with van der Waals surface area (Å²) in [6.07, 6.45) is -3.35. The number of rotatable bonds is 6. The maximum atomic E-state index is 15.2. The molecule has 2 aromatic carbocycles. The Morgan fingerprint density at radius 1 is 1.18 bits per heavy atom. The molecule has 4 aliphatic heterocycles. The fraction of sp³-hybridized carbons (Fsp3) is 0.467. The van der Waals surface area contributed by atoms with Gasteiger partial charge in [0.2, 0.25) is 0 Å². The molecule has 0 saturated carbocycles. The molecule has 1 N–H and O–H groups in total.